The smallest absolute Gasteiger partial charge is 0.152 e. The summed E-state index contributed by atoms with van der Waals surface area (Å²) in [6.07, 6.45) is 2.90. The average Bonchev–Trinajstić information content (AvgIpc) is 2.80. The summed E-state index contributed by atoms with van der Waals surface area (Å²) in [5.41, 5.74) is 0.937. The number of nitrogens with zero attached hydrogens (tertiary/aromatic N) is 4. The SMILES string of the molecule is CNCc1cn(CCCN2CCS(=O)(=O)CC2)nn1. The van der Waals surface area contributed by atoms with E-state index in [4.69, 9.17) is 0 Å². The molecule has 1 aliphatic rings. The second-order valence-corrected chi connectivity index (χ2v) is 7.15. The number of aromatic nitrogens is 3. The van der Waals surface area contributed by atoms with Crippen LogP contribution in [0.2, 0.25) is 0 Å². The minimum atomic E-state index is -2.77. The van der Waals surface area contributed by atoms with E-state index in [0.29, 0.717) is 24.6 Å². The fraction of sp³-hybridized carbons (Fsp3) is 0.818. The van der Waals surface area contributed by atoms with Gasteiger partial charge in [0.1, 0.15) is 0 Å². The van der Waals surface area contributed by atoms with Gasteiger partial charge in [-0.25, -0.2) is 8.42 Å². The van der Waals surface area contributed by atoms with Crippen LogP contribution in [0.5, 0.6) is 0 Å². The van der Waals surface area contributed by atoms with Gasteiger partial charge in [-0.1, -0.05) is 5.21 Å². The lowest BCUT2D eigenvalue weighted by Crippen LogP contribution is -2.40. The summed E-state index contributed by atoms with van der Waals surface area (Å²) in [6.45, 7) is 3.77. The Morgan fingerprint density at radius 2 is 2.05 bits per heavy atom. The van der Waals surface area contributed by atoms with Crippen LogP contribution >= 0.6 is 0 Å². The first-order chi connectivity index (χ1) is 9.09. The summed E-state index contributed by atoms with van der Waals surface area (Å²) in [7, 11) is -0.894. The highest BCUT2D eigenvalue weighted by Crippen LogP contribution is 2.04. The molecule has 1 fully saturated rings. The van der Waals surface area contributed by atoms with Crippen LogP contribution in [0.15, 0.2) is 6.20 Å². The van der Waals surface area contributed by atoms with Crippen LogP contribution in [-0.4, -0.2) is 66.5 Å². The van der Waals surface area contributed by atoms with Gasteiger partial charge in [-0.05, 0) is 20.0 Å². The predicted molar refractivity (Wildman–Crippen MR) is 72.5 cm³/mol. The molecule has 0 spiro atoms. The molecule has 0 atom stereocenters. The number of aryl methyl sites for hydroxylation is 1. The fourth-order valence-corrected chi connectivity index (χ4v) is 3.42. The maximum Gasteiger partial charge on any atom is 0.152 e. The lowest BCUT2D eigenvalue weighted by molar-refractivity contribution is 0.283. The normalized spacial score (nSPS) is 19.6. The monoisotopic (exact) mass is 287 g/mol. The van der Waals surface area contributed by atoms with Crippen LogP contribution in [-0.2, 0) is 22.9 Å². The van der Waals surface area contributed by atoms with Crippen molar-refractivity contribution in [3.8, 4) is 0 Å². The molecule has 1 saturated heterocycles. The maximum atomic E-state index is 11.3. The van der Waals surface area contributed by atoms with E-state index in [1.807, 2.05) is 17.9 Å². The number of rotatable bonds is 6. The molecule has 8 heteroatoms. The second kappa shape index (κ2) is 6.44. The fourth-order valence-electron chi connectivity index (χ4n) is 2.14. The summed E-state index contributed by atoms with van der Waals surface area (Å²) in [4.78, 5) is 2.20. The number of hydrogen-bond donors (Lipinski definition) is 1. The van der Waals surface area contributed by atoms with Gasteiger partial charge in [0.05, 0.1) is 17.2 Å². The van der Waals surface area contributed by atoms with Crippen molar-refractivity contribution < 1.29 is 8.42 Å². The Kier molecular flexibility index (Phi) is 4.89. The Balaban J connectivity index is 1.69. The van der Waals surface area contributed by atoms with E-state index >= 15 is 0 Å². The molecule has 2 rings (SSSR count). The zero-order chi connectivity index (χ0) is 13.7. The van der Waals surface area contributed by atoms with E-state index in [1.54, 1.807) is 0 Å². The molecule has 1 aromatic heterocycles. The minimum absolute atomic E-state index is 0.294. The van der Waals surface area contributed by atoms with Crippen LogP contribution in [0.3, 0.4) is 0 Å². The molecule has 0 bridgehead atoms. The average molecular weight is 287 g/mol. The molecule has 1 aliphatic heterocycles. The predicted octanol–water partition coefficient (Wildman–Crippen LogP) is -0.882. The first kappa shape index (κ1) is 14.4. The van der Waals surface area contributed by atoms with Gasteiger partial charge >= 0.3 is 0 Å². The zero-order valence-electron chi connectivity index (χ0n) is 11.2. The van der Waals surface area contributed by atoms with E-state index in [-0.39, 0.29) is 0 Å². The lowest BCUT2D eigenvalue weighted by atomic mass is 10.3. The first-order valence-electron chi connectivity index (χ1n) is 6.55. The second-order valence-electron chi connectivity index (χ2n) is 4.85. The van der Waals surface area contributed by atoms with Gasteiger partial charge in [0, 0.05) is 32.4 Å². The van der Waals surface area contributed by atoms with Gasteiger partial charge < -0.3 is 10.2 Å². The molecule has 0 unspecified atom stereocenters. The Bertz CT molecular complexity index is 485. The molecular formula is C11H21N5O2S. The van der Waals surface area contributed by atoms with Gasteiger partial charge in [-0.15, -0.1) is 5.10 Å². The van der Waals surface area contributed by atoms with Crippen molar-refractivity contribution in [2.45, 2.75) is 19.5 Å². The van der Waals surface area contributed by atoms with Crippen molar-refractivity contribution in [3.05, 3.63) is 11.9 Å². The highest BCUT2D eigenvalue weighted by molar-refractivity contribution is 7.91. The maximum absolute atomic E-state index is 11.3. The van der Waals surface area contributed by atoms with Crippen molar-refractivity contribution in [1.29, 1.82) is 0 Å². The van der Waals surface area contributed by atoms with E-state index in [9.17, 15) is 8.42 Å². The summed E-state index contributed by atoms with van der Waals surface area (Å²) in [5, 5.41) is 11.1. The Morgan fingerprint density at radius 3 is 2.74 bits per heavy atom. The van der Waals surface area contributed by atoms with Crippen LogP contribution in [0.1, 0.15) is 12.1 Å². The van der Waals surface area contributed by atoms with Gasteiger partial charge in [-0.3, -0.25) is 4.68 Å². The summed E-state index contributed by atoms with van der Waals surface area (Å²) in [5.74, 6) is 0.589. The molecule has 0 saturated carbocycles. The number of nitrogens with one attached hydrogen (secondary N) is 1. The van der Waals surface area contributed by atoms with Gasteiger partial charge in [0.25, 0.3) is 0 Å². The number of hydrogen-bond acceptors (Lipinski definition) is 6. The molecule has 0 amide bonds. The van der Waals surface area contributed by atoms with Gasteiger partial charge in [-0.2, -0.15) is 0 Å². The third-order valence-electron chi connectivity index (χ3n) is 3.24. The molecule has 7 nitrogen and oxygen atoms in total. The van der Waals surface area contributed by atoms with Crippen molar-refractivity contribution >= 4 is 9.84 Å². The summed E-state index contributed by atoms with van der Waals surface area (Å²) < 4.78 is 24.4. The quantitative estimate of drug-likeness (QED) is 0.732. The zero-order valence-corrected chi connectivity index (χ0v) is 12.1. The summed E-state index contributed by atoms with van der Waals surface area (Å²) in [6, 6.07) is 0. The van der Waals surface area contributed by atoms with Crippen LogP contribution in [0.25, 0.3) is 0 Å². The Morgan fingerprint density at radius 1 is 1.32 bits per heavy atom. The first-order valence-corrected chi connectivity index (χ1v) is 8.37. The molecular weight excluding hydrogens is 266 g/mol. The largest absolute Gasteiger partial charge is 0.314 e. The van der Waals surface area contributed by atoms with E-state index in [0.717, 1.165) is 31.7 Å². The van der Waals surface area contributed by atoms with Crippen molar-refractivity contribution in [2.24, 2.45) is 0 Å². The lowest BCUT2D eigenvalue weighted by Gasteiger charge is -2.26. The van der Waals surface area contributed by atoms with E-state index < -0.39 is 9.84 Å². The number of sulfone groups is 1. The van der Waals surface area contributed by atoms with E-state index in [1.165, 1.54) is 0 Å². The topological polar surface area (TPSA) is 80.1 Å². The highest BCUT2D eigenvalue weighted by atomic mass is 32.2. The standard InChI is InChI=1S/C11H21N5O2S/c1-12-9-11-10-16(14-13-11)4-2-3-15-5-7-19(17,18)8-6-15/h10,12H,2-9H2,1H3. The molecule has 0 aromatic carbocycles. The van der Waals surface area contributed by atoms with Gasteiger partial charge in [0.2, 0.25) is 0 Å². The van der Waals surface area contributed by atoms with Crippen LogP contribution in [0, 0.1) is 0 Å². The third kappa shape index (κ3) is 4.55. The molecule has 1 aromatic rings. The Hall–Kier alpha value is -0.990. The highest BCUT2D eigenvalue weighted by Gasteiger charge is 2.20. The van der Waals surface area contributed by atoms with Crippen molar-refractivity contribution in [1.82, 2.24) is 25.2 Å². The van der Waals surface area contributed by atoms with E-state index in [2.05, 4.69) is 20.5 Å². The van der Waals surface area contributed by atoms with Crippen LogP contribution in [0.4, 0.5) is 0 Å². The van der Waals surface area contributed by atoms with Crippen molar-refractivity contribution in [2.75, 3.05) is 38.2 Å². The minimum Gasteiger partial charge on any atom is -0.314 e. The van der Waals surface area contributed by atoms with Crippen molar-refractivity contribution in [3.63, 3.8) is 0 Å². The van der Waals surface area contributed by atoms with Gasteiger partial charge in [0.15, 0.2) is 9.84 Å². The Labute approximate surface area is 113 Å². The summed E-state index contributed by atoms with van der Waals surface area (Å²) >= 11 is 0. The molecule has 0 radical (unpaired) electrons. The third-order valence-corrected chi connectivity index (χ3v) is 4.85. The molecule has 2 heterocycles. The van der Waals surface area contributed by atoms with Crippen LogP contribution < -0.4 is 5.32 Å². The molecule has 0 aliphatic carbocycles. The molecule has 19 heavy (non-hydrogen) atoms. The molecule has 1 N–H and O–H groups in total. The molecule has 108 valence electrons.